The average molecular weight is 490 g/mol. The number of likely N-dealkylation sites (N-methyl/N-ethyl adjacent to an activating group) is 1. The van der Waals surface area contributed by atoms with Gasteiger partial charge in [0.1, 0.15) is 0 Å². The lowest BCUT2D eigenvalue weighted by molar-refractivity contribution is -0.124. The summed E-state index contributed by atoms with van der Waals surface area (Å²) >= 11 is 0. The van der Waals surface area contributed by atoms with Crippen LogP contribution in [0.25, 0.3) is 17.0 Å². The van der Waals surface area contributed by atoms with E-state index in [1.54, 1.807) is 35.8 Å². The van der Waals surface area contributed by atoms with E-state index in [4.69, 9.17) is 5.21 Å². The van der Waals surface area contributed by atoms with Crippen molar-refractivity contribution in [3.63, 3.8) is 0 Å². The van der Waals surface area contributed by atoms with Gasteiger partial charge in [0.05, 0.1) is 0 Å². The SMILES string of the molecule is CN1CCN(CCCN(CCc2c[nH]c3ccccc23)C(=O)c2ccc(C=CC(=O)NO)cc2)CC1. The van der Waals surface area contributed by atoms with Crippen LogP contribution in [0.5, 0.6) is 0 Å². The molecule has 0 spiro atoms. The van der Waals surface area contributed by atoms with Crippen molar-refractivity contribution < 1.29 is 14.8 Å². The molecule has 8 heteroatoms. The summed E-state index contributed by atoms with van der Waals surface area (Å²) in [5, 5.41) is 9.83. The van der Waals surface area contributed by atoms with Gasteiger partial charge in [-0.15, -0.1) is 0 Å². The summed E-state index contributed by atoms with van der Waals surface area (Å²) in [6.07, 6.45) is 6.58. The number of piperazine rings is 1. The quantitative estimate of drug-likeness (QED) is 0.231. The van der Waals surface area contributed by atoms with Crippen molar-refractivity contribution in [3.8, 4) is 0 Å². The first-order valence-corrected chi connectivity index (χ1v) is 12.5. The van der Waals surface area contributed by atoms with Crippen LogP contribution in [0.15, 0.2) is 60.8 Å². The molecule has 2 heterocycles. The summed E-state index contributed by atoms with van der Waals surface area (Å²) in [4.78, 5) is 34.8. The van der Waals surface area contributed by atoms with Crippen LogP contribution in [-0.2, 0) is 11.2 Å². The number of fused-ring (bicyclic) bond motifs is 1. The first-order chi connectivity index (χ1) is 17.5. The molecule has 0 radical (unpaired) electrons. The molecule has 0 unspecified atom stereocenters. The molecule has 1 aliphatic rings. The molecule has 36 heavy (non-hydrogen) atoms. The van der Waals surface area contributed by atoms with Crippen molar-refractivity contribution in [3.05, 3.63) is 77.5 Å². The maximum Gasteiger partial charge on any atom is 0.267 e. The minimum absolute atomic E-state index is 0.0110. The minimum atomic E-state index is -0.598. The van der Waals surface area contributed by atoms with Crippen LogP contribution in [0.4, 0.5) is 0 Å². The van der Waals surface area contributed by atoms with Crippen molar-refractivity contribution in [1.29, 1.82) is 0 Å². The standard InChI is InChI=1S/C28H35N5O3/c1-31-17-19-32(20-18-31)14-4-15-33(16-13-24-21-29-26-6-3-2-5-25(24)26)28(35)23-10-7-22(8-11-23)9-12-27(34)30-36/h2-3,5-12,21,29,36H,4,13-20H2,1H3,(H,30,34). The van der Waals surface area contributed by atoms with Crippen LogP contribution >= 0.6 is 0 Å². The number of H-pyrrole nitrogens is 1. The summed E-state index contributed by atoms with van der Waals surface area (Å²) in [5.74, 6) is -0.587. The molecule has 2 aromatic carbocycles. The summed E-state index contributed by atoms with van der Waals surface area (Å²) in [7, 11) is 2.16. The second-order valence-electron chi connectivity index (χ2n) is 9.33. The predicted octanol–water partition coefficient (Wildman–Crippen LogP) is 3.01. The molecule has 4 rings (SSSR count). The Labute approximate surface area is 212 Å². The number of amides is 2. The summed E-state index contributed by atoms with van der Waals surface area (Å²) in [5.41, 5.74) is 5.29. The fraction of sp³-hybridized carbons (Fsp3) is 0.357. The predicted molar refractivity (Wildman–Crippen MR) is 142 cm³/mol. The van der Waals surface area contributed by atoms with Gasteiger partial charge in [0, 0.05) is 68.0 Å². The number of carbonyl (C=O) groups is 2. The summed E-state index contributed by atoms with van der Waals surface area (Å²) in [6.45, 7) is 6.65. The highest BCUT2D eigenvalue weighted by atomic mass is 16.5. The van der Waals surface area contributed by atoms with E-state index in [1.165, 1.54) is 17.0 Å². The van der Waals surface area contributed by atoms with Crippen molar-refractivity contribution in [1.82, 2.24) is 25.2 Å². The second kappa shape index (κ2) is 12.5. The molecule has 1 aliphatic heterocycles. The van der Waals surface area contributed by atoms with Crippen LogP contribution < -0.4 is 5.48 Å². The number of nitrogens with zero attached hydrogens (tertiary/aromatic N) is 3. The van der Waals surface area contributed by atoms with Gasteiger partial charge in [-0.3, -0.25) is 14.8 Å². The van der Waals surface area contributed by atoms with E-state index in [1.807, 2.05) is 23.2 Å². The van der Waals surface area contributed by atoms with E-state index in [2.05, 4.69) is 34.0 Å². The Bertz CT molecular complexity index is 1180. The van der Waals surface area contributed by atoms with Gasteiger partial charge in [0.2, 0.25) is 0 Å². The Morgan fingerprint density at radius 1 is 1.06 bits per heavy atom. The number of benzene rings is 2. The second-order valence-corrected chi connectivity index (χ2v) is 9.33. The monoisotopic (exact) mass is 489 g/mol. The van der Waals surface area contributed by atoms with Crippen LogP contribution in [0.1, 0.15) is 27.9 Å². The molecule has 8 nitrogen and oxygen atoms in total. The summed E-state index contributed by atoms with van der Waals surface area (Å²) < 4.78 is 0. The largest absolute Gasteiger partial charge is 0.361 e. The maximum absolute atomic E-state index is 13.5. The molecule has 1 aromatic heterocycles. The molecule has 2 amide bonds. The van der Waals surface area contributed by atoms with Crippen molar-refractivity contribution >= 4 is 28.8 Å². The fourth-order valence-corrected chi connectivity index (χ4v) is 4.59. The van der Waals surface area contributed by atoms with Gasteiger partial charge in [-0.2, -0.15) is 0 Å². The third-order valence-corrected chi connectivity index (χ3v) is 6.81. The van der Waals surface area contributed by atoms with Crippen LogP contribution in [0.2, 0.25) is 0 Å². The number of hydroxylamine groups is 1. The number of rotatable bonds is 10. The maximum atomic E-state index is 13.5. The Morgan fingerprint density at radius 3 is 2.56 bits per heavy atom. The number of aromatic nitrogens is 1. The van der Waals surface area contributed by atoms with Crippen LogP contribution in [0.3, 0.4) is 0 Å². The van der Waals surface area contributed by atoms with Crippen molar-refractivity contribution in [2.75, 3.05) is 52.9 Å². The van der Waals surface area contributed by atoms with Crippen molar-refractivity contribution in [2.45, 2.75) is 12.8 Å². The smallest absolute Gasteiger partial charge is 0.267 e. The van der Waals surface area contributed by atoms with E-state index in [0.29, 0.717) is 18.7 Å². The third-order valence-electron chi connectivity index (χ3n) is 6.81. The van der Waals surface area contributed by atoms with Crippen LogP contribution in [0, 0.1) is 0 Å². The lowest BCUT2D eigenvalue weighted by Crippen LogP contribution is -2.45. The fourth-order valence-electron chi connectivity index (χ4n) is 4.59. The van der Waals surface area contributed by atoms with E-state index in [0.717, 1.165) is 56.6 Å². The van der Waals surface area contributed by atoms with E-state index in [9.17, 15) is 9.59 Å². The third kappa shape index (κ3) is 6.81. The van der Waals surface area contributed by atoms with E-state index in [-0.39, 0.29) is 5.91 Å². The highest BCUT2D eigenvalue weighted by Crippen LogP contribution is 2.19. The summed E-state index contributed by atoms with van der Waals surface area (Å²) in [6, 6.07) is 15.4. The normalized spacial score (nSPS) is 14.9. The number of hydrogen-bond acceptors (Lipinski definition) is 5. The number of aromatic amines is 1. The zero-order valence-electron chi connectivity index (χ0n) is 20.8. The molecule has 0 aliphatic carbocycles. The Hall–Kier alpha value is -3.46. The van der Waals surface area contributed by atoms with Gasteiger partial charge in [-0.25, -0.2) is 5.48 Å². The van der Waals surface area contributed by atoms with E-state index >= 15 is 0 Å². The zero-order chi connectivity index (χ0) is 25.3. The van der Waals surface area contributed by atoms with Gasteiger partial charge in [0.15, 0.2) is 0 Å². The highest BCUT2D eigenvalue weighted by Gasteiger charge is 2.18. The van der Waals surface area contributed by atoms with Crippen molar-refractivity contribution in [2.24, 2.45) is 0 Å². The molecular formula is C28H35N5O3. The Morgan fingerprint density at radius 2 is 1.81 bits per heavy atom. The number of carbonyl (C=O) groups excluding carboxylic acids is 2. The molecule has 1 fully saturated rings. The molecular weight excluding hydrogens is 454 g/mol. The molecule has 190 valence electrons. The first-order valence-electron chi connectivity index (χ1n) is 12.5. The lowest BCUT2D eigenvalue weighted by atomic mass is 10.1. The Kier molecular flexibility index (Phi) is 8.89. The highest BCUT2D eigenvalue weighted by molar-refractivity contribution is 5.95. The van der Waals surface area contributed by atoms with Gasteiger partial charge in [-0.1, -0.05) is 30.3 Å². The number of para-hydroxylation sites is 1. The Balaban J connectivity index is 1.42. The molecule has 3 aromatic rings. The zero-order valence-corrected chi connectivity index (χ0v) is 20.8. The number of hydrogen-bond donors (Lipinski definition) is 3. The van der Waals surface area contributed by atoms with Gasteiger partial charge in [-0.05, 0) is 61.8 Å². The molecule has 0 atom stereocenters. The average Bonchev–Trinajstić information content (AvgIpc) is 3.33. The van der Waals surface area contributed by atoms with Gasteiger partial charge < -0.3 is 19.7 Å². The number of nitrogens with one attached hydrogen (secondary N) is 2. The molecule has 1 saturated heterocycles. The lowest BCUT2D eigenvalue weighted by Gasteiger charge is -2.33. The van der Waals surface area contributed by atoms with E-state index < -0.39 is 5.91 Å². The van der Waals surface area contributed by atoms with Gasteiger partial charge >= 0.3 is 0 Å². The topological polar surface area (TPSA) is 91.9 Å². The van der Waals surface area contributed by atoms with Crippen LogP contribution in [-0.4, -0.2) is 89.6 Å². The first kappa shape index (κ1) is 25.6. The molecule has 0 bridgehead atoms. The van der Waals surface area contributed by atoms with Gasteiger partial charge in [0.25, 0.3) is 11.8 Å². The molecule has 0 saturated carbocycles. The molecule has 3 N–H and O–H groups in total. The minimum Gasteiger partial charge on any atom is -0.361 e.